The monoisotopic (exact) mass is 225 g/mol. The lowest BCUT2D eigenvalue weighted by molar-refractivity contribution is 0.0944. The molecule has 1 atom stereocenters. The number of nitrogens with one attached hydrogen (secondary N) is 2. The summed E-state index contributed by atoms with van der Waals surface area (Å²) in [7, 11) is 0. The van der Waals surface area contributed by atoms with Crippen LogP contribution >= 0.6 is 12.2 Å². The van der Waals surface area contributed by atoms with E-state index >= 15 is 0 Å². The molecule has 1 aromatic rings. The van der Waals surface area contributed by atoms with Crippen LogP contribution < -0.4 is 16.6 Å². The summed E-state index contributed by atoms with van der Waals surface area (Å²) >= 11 is 4.70. The highest BCUT2D eigenvalue weighted by molar-refractivity contribution is 7.80. The van der Waals surface area contributed by atoms with Crippen molar-refractivity contribution in [3.8, 4) is 0 Å². The molecule has 0 aromatic carbocycles. The molecular weight excluding hydrogens is 214 g/mol. The molecule has 6 heteroatoms. The van der Waals surface area contributed by atoms with Crippen LogP contribution in [0, 0.1) is 0 Å². The van der Waals surface area contributed by atoms with Gasteiger partial charge in [0.15, 0.2) is 0 Å². The SMILES string of the molecule is CC(NC(=O)c1cccc(=O)[nH]1)C(N)=S. The topological polar surface area (TPSA) is 88.0 Å². The first-order valence-corrected chi connectivity index (χ1v) is 4.71. The number of amides is 1. The van der Waals surface area contributed by atoms with Gasteiger partial charge in [0, 0.05) is 6.07 Å². The molecule has 1 amide bonds. The molecule has 1 aromatic heterocycles. The predicted octanol–water partition coefficient (Wildman–Crippen LogP) is -0.221. The van der Waals surface area contributed by atoms with E-state index in [1.165, 1.54) is 18.2 Å². The second-order valence-electron chi connectivity index (χ2n) is 3.03. The zero-order valence-electron chi connectivity index (χ0n) is 8.11. The van der Waals surface area contributed by atoms with Crippen LogP contribution in [0.1, 0.15) is 17.4 Å². The van der Waals surface area contributed by atoms with Crippen molar-refractivity contribution in [1.82, 2.24) is 10.3 Å². The standard InChI is InChI=1S/C9H11N3O2S/c1-5(8(10)15)11-9(14)6-3-2-4-7(13)12-6/h2-5H,1H3,(H2,10,15)(H,11,14)(H,12,13). The van der Waals surface area contributed by atoms with Gasteiger partial charge in [-0.2, -0.15) is 0 Å². The highest BCUT2D eigenvalue weighted by atomic mass is 32.1. The van der Waals surface area contributed by atoms with Gasteiger partial charge in [-0.1, -0.05) is 18.3 Å². The van der Waals surface area contributed by atoms with Crippen molar-refractivity contribution in [3.05, 3.63) is 34.2 Å². The molecule has 0 aliphatic carbocycles. The predicted molar refractivity (Wildman–Crippen MR) is 60.8 cm³/mol. The largest absolute Gasteiger partial charge is 0.392 e. The Morgan fingerprint density at radius 3 is 2.80 bits per heavy atom. The summed E-state index contributed by atoms with van der Waals surface area (Å²) in [5.74, 6) is -0.409. The van der Waals surface area contributed by atoms with Crippen LogP contribution in [0.2, 0.25) is 0 Å². The lowest BCUT2D eigenvalue weighted by Crippen LogP contribution is -2.41. The molecule has 0 aliphatic rings. The summed E-state index contributed by atoms with van der Waals surface area (Å²) in [5, 5.41) is 2.55. The lowest BCUT2D eigenvalue weighted by Gasteiger charge is -2.11. The summed E-state index contributed by atoms with van der Waals surface area (Å²) in [5.41, 5.74) is 5.19. The Morgan fingerprint density at radius 2 is 2.27 bits per heavy atom. The van der Waals surface area contributed by atoms with Crippen LogP contribution in [0.5, 0.6) is 0 Å². The van der Waals surface area contributed by atoms with Crippen LogP contribution in [0.25, 0.3) is 0 Å². The Bertz CT molecular complexity index is 441. The van der Waals surface area contributed by atoms with Crippen molar-refractivity contribution in [2.24, 2.45) is 5.73 Å². The number of thiocarbonyl (C=S) groups is 1. The van der Waals surface area contributed by atoms with Gasteiger partial charge in [0.25, 0.3) is 5.91 Å². The fourth-order valence-electron chi connectivity index (χ4n) is 0.926. The van der Waals surface area contributed by atoms with Crippen molar-refractivity contribution in [3.63, 3.8) is 0 Å². The number of carbonyl (C=O) groups excluding carboxylic acids is 1. The van der Waals surface area contributed by atoms with Gasteiger partial charge in [0.05, 0.1) is 11.0 Å². The molecule has 0 saturated heterocycles. The highest BCUT2D eigenvalue weighted by Crippen LogP contribution is 1.92. The minimum Gasteiger partial charge on any atom is -0.392 e. The summed E-state index contributed by atoms with van der Waals surface area (Å²) in [6, 6.07) is 3.92. The molecule has 1 heterocycles. The third-order valence-corrected chi connectivity index (χ3v) is 2.14. The van der Waals surface area contributed by atoms with Gasteiger partial charge in [-0.15, -0.1) is 0 Å². The first-order valence-electron chi connectivity index (χ1n) is 4.30. The van der Waals surface area contributed by atoms with Gasteiger partial charge in [-0.3, -0.25) is 9.59 Å². The zero-order valence-corrected chi connectivity index (χ0v) is 8.93. The highest BCUT2D eigenvalue weighted by Gasteiger charge is 2.11. The molecule has 0 bridgehead atoms. The summed E-state index contributed by atoms with van der Waals surface area (Å²) in [4.78, 5) is 25.0. The van der Waals surface area contributed by atoms with Crippen LogP contribution in [0.4, 0.5) is 0 Å². The zero-order chi connectivity index (χ0) is 11.4. The van der Waals surface area contributed by atoms with E-state index in [4.69, 9.17) is 18.0 Å². The number of hydrogen-bond donors (Lipinski definition) is 3. The first kappa shape index (κ1) is 11.4. The Kier molecular flexibility index (Phi) is 3.56. The normalized spacial score (nSPS) is 11.8. The summed E-state index contributed by atoms with van der Waals surface area (Å²) in [6.45, 7) is 1.67. The maximum absolute atomic E-state index is 11.5. The van der Waals surface area contributed by atoms with Gasteiger partial charge in [0.1, 0.15) is 5.69 Å². The quantitative estimate of drug-likeness (QED) is 0.620. The number of aromatic amines is 1. The number of rotatable bonds is 3. The Labute approximate surface area is 91.7 Å². The second-order valence-corrected chi connectivity index (χ2v) is 3.50. The third kappa shape index (κ3) is 3.17. The Hall–Kier alpha value is -1.69. The smallest absolute Gasteiger partial charge is 0.268 e. The van der Waals surface area contributed by atoms with Gasteiger partial charge in [-0.25, -0.2) is 0 Å². The molecule has 5 nitrogen and oxygen atoms in total. The number of pyridine rings is 1. The number of carbonyl (C=O) groups is 1. The Balaban J connectivity index is 2.78. The van der Waals surface area contributed by atoms with Crippen LogP contribution in [-0.2, 0) is 0 Å². The van der Waals surface area contributed by atoms with E-state index in [2.05, 4.69) is 10.3 Å². The number of H-pyrrole nitrogens is 1. The molecule has 0 aliphatic heterocycles. The molecule has 1 rings (SSSR count). The molecule has 0 spiro atoms. The van der Waals surface area contributed by atoms with Gasteiger partial charge in [0.2, 0.25) is 5.56 Å². The summed E-state index contributed by atoms with van der Waals surface area (Å²) in [6.07, 6.45) is 0. The van der Waals surface area contributed by atoms with E-state index in [0.717, 1.165) is 0 Å². The van der Waals surface area contributed by atoms with E-state index < -0.39 is 11.9 Å². The van der Waals surface area contributed by atoms with Crippen LogP contribution in [0.15, 0.2) is 23.0 Å². The molecule has 15 heavy (non-hydrogen) atoms. The molecular formula is C9H11N3O2S. The maximum Gasteiger partial charge on any atom is 0.268 e. The van der Waals surface area contributed by atoms with Crippen LogP contribution in [0.3, 0.4) is 0 Å². The van der Waals surface area contributed by atoms with Crippen molar-refractivity contribution < 1.29 is 4.79 Å². The maximum atomic E-state index is 11.5. The summed E-state index contributed by atoms with van der Waals surface area (Å²) < 4.78 is 0. The fourth-order valence-corrected chi connectivity index (χ4v) is 0.985. The van der Waals surface area contributed by atoms with Crippen molar-refractivity contribution in [1.29, 1.82) is 0 Å². The van der Waals surface area contributed by atoms with E-state index in [-0.39, 0.29) is 16.2 Å². The van der Waals surface area contributed by atoms with Crippen molar-refractivity contribution in [2.75, 3.05) is 0 Å². The molecule has 4 N–H and O–H groups in total. The van der Waals surface area contributed by atoms with Crippen molar-refractivity contribution in [2.45, 2.75) is 13.0 Å². The molecule has 1 unspecified atom stereocenters. The molecule has 0 saturated carbocycles. The van der Waals surface area contributed by atoms with Crippen LogP contribution in [-0.4, -0.2) is 21.9 Å². The molecule has 80 valence electrons. The van der Waals surface area contributed by atoms with Crippen molar-refractivity contribution >= 4 is 23.1 Å². The van der Waals surface area contributed by atoms with Gasteiger partial charge >= 0.3 is 0 Å². The molecule has 0 radical (unpaired) electrons. The van der Waals surface area contributed by atoms with E-state index in [1.807, 2.05) is 0 Å². The van der Waals surface area contributed by atoms with E-state index in [1.54, 1.807) is 6.92 Å². The lowest BCUT2D eigenvalue weighted by atomic mass is 10.3. The van der Waals surface area contributed by atoms with E-state index in [9.17, 15) is 9.59 Å². The third-order valence-electron chi connectivity index (χ3n) is 1.79. The van der Waals surface area contributed by atoms with E-state index in [0.29, 0.717) is 0 Å². The van der Waals surface area contributed by atoms with Gasteiger partial charge in [-0.05, 0) is 13.0 Å². The average molecular weight is 225 g/mol. The minimum absolute atomic E-state index is 0.186. The number of hydrogen-bond acceptors (Lipinski definition) is 3. The number of nitrogens with two attached hydrogens (primary N) is 1. The average Bonchev–Trinajstić information content (AvgIpc) is 2.17. The number of aromatic nitrogens is 1. The molecule has 0 fully saturated rings. The Morgan fingerprint density at radius 1 is 1.60 bits per heavy atom. The fraction of sp³-hybridized carbons (Fsp3) is 0.222. The van der Waals surface area contributed by atoms with Gasteiger partial charge < -0.3 is 16.0 Å². The first-order chi connectivity index (χ1) is 7.00. The second kappa shape index (κ2) is 4.70. The minimum atomic E-state index is -0.409.